The Balaban J connectivity index is 1.24. The van der Waals surface area contributed by atoms with E-state index in [1.165, 1.54) is 6.42 Å². The molecule has 0 radical (unpaired) electrons. The van der Waals surface area contributed by atoms with Crippen LogP contribution < -0.4 is 4.74 Å². The first kappa shape index (κ1) is 20.1. The molecule has 1 aromatic heterocycles. The predicted octanol–water partition coefficient (Wildman–Crippen LogP) is 1.33. The fourth-order valence-electron chi connectivity index (χ4n) is 4.28. The first-order chi connectivity index (χ1) is 14.2. The molecule has 1 saturated carbocycles. The summed E-state index contributed by atoms with van der Waals surface area (Å²) in [6, 6.07) is 5.67. The second kappa shape index (κ2) is 9.12. The number of terminal acetylenes is 1. The molecular formula is C22H29N3O4. The van der Waals surface area contributed by atoms with Gasteiger partial charge in [0.2, 0.25) is 11.8 Å². The Bertz CT molecular complexity index is 725. The topological polar surface area (TPSA) is 64.1 Å². The van der Waals surface area contributed by atoms with Gasteiger partial charge in [-0.15, -0.1) is 6.42 Å². The summed E-state index contributed by atoms with van der Waals surface area (Å²) < 4.78 is 17.4. The molecule has 1 unspecified atom stereocenters. The van der Waals surface area contributed by atoms with Crippen LogP contribution in [0.1, 0.15) is 25.7 Å². The van der Waals surface area contributed by atoms with Crippen molar-refractivity contribution in [1.82, 2.24) is 14.8 Å². The summed E-state index contributed by atoms with van der Waals surface area (Å²) in [5.41, 5.74) is 0.123. The third kappa shape index (κ3) is 4.72. The van der Waals surface area contributed by atoms with E-state index in [2.05, 4.69) is 15.8 Å². The van der Waals surface area contributed by atoms with Crippen LogP contribution in [0.4, 0.5) is 0 Å². The van der Waals surface area contributed by atoms with E-state index < -0.39 is 0 Å². The van der Waals surface area contributed by atoms with Gasteiger partial charge in [0, 0.05) is 44.0 Å². The monoisotopic (exact) mass is 399 g/mol. The van der Waals surface area contributed by atoms with Gasteiger partial charge in [-0.25, -0.2) is 4.98 Å². The lowest BCUT2D eigenvalue weighted by Gasteiger charge is -2.54. The van der Waals surface area contributed by atoms with Crippen molar-refractivity contribution in [2.24, 2.45) is 0 Å². The zero-order valence-corrected chi connectivity index (χ0v) is 16.8. The maximum absolute atomic E-state index is 12.6. The summed E-state index contributed by atoms with van der Waals surface area (Å²) in [6.45, 7) is 4.41. The zero-order valence-electron chi connectivity index (χ0n) is 16.8. The molecule has 29 heavy (non-hydrogen) atoms. The number of nitrogens with zero attached hydrogens (tertiary/aromatic N) is 3. The third-order valence-electron chi connectivity index (χ3n) is 6.22. The number of carbonyl (C=O) groups excluding carboxylic acids is 1. The minimum Gasteiger partial charge on any atom is -0.476 e. The molecule has 3 aliphatic rings. The van der Waals surface area contributed by atoms with Gasteiger partial charge in [0.1, 0.15) is 13.2 Å². The van der Waals surface area contributed by atoms with Crippen molar-refractivity contribution in [3.05, 3.63) is 24.4 Å². The van der Waals surface area contributed by atoms with Gasteiger partial charge in [0.05, 0.1) is 25.2 Å². The molecule has 2 saturated heterocycles. The summed E-state index contributed by atoms with van der Waals surface area (Å²) in [5, 5.41) is 0. The van der Waals surface area contributed by atoms with E-state index in [4.69, 9.17) is 20.6 Å². The van der Waals surface area contributed by atoms with Gasteiger partial charge in [-0.05, 0) is 25.3 Å². The molecule has 0 bridgehead atoms. The number of aromatic nitrogens is 1. The number of hydrogen-bond acceptors (Lipinski definition) is 6. The van der Waals surface area contributed by atoms with Crippen LogP contribution in [0.2, 0.25) is 0 Å². The number of likely N-dealkylation sites (tertiary alicyclic amines) is 1. The standard InChI is InChI=1S/C22H29N3O4/c1-2-11-27-19-14-24(15-19)21(26)13-18-16-25(22(17-29-18)7-5-8-22)10-12-28-20-6-3-4-9-23-20/h1,3-4,6,9,18-19H,5,7-8,10-17H2. The molecule has 1 atom stereocenters. The van der Waals surface area contributed by atoms with Crippen LogP contribution in [-0.4, -0.2) is 84.4 Å². The van der Waals surface area contributed by atoms with E-state index in [1.807, 2.05) is 23.1 Å². The highest BCUT2D eigenvalue weighted by Gasteiger charge is 2.47. The first-order valence-corrected chi connectivity index (χ1v) is 10.4. The quantitative estimate of drug-likeness (QED) is 0.615. The van der Waals surface area contributed by atoms with Gasteiger partial charge in [-0.1, -0.05) is 12.0 Å². The molecule has 3 heterocycles. The lowest BCUT2D eigenvalue weighted by Crippen LogP contribution is -2.64. The minimum absolute atomic E-state index is 0.0702. The zero-order chi connectivity index (χ0) is 20.1. The molecule has 1 aliphatic carbocycles. The average molecular weight is 399 g/mol. The van der Waals surface area contributed by atoms with Gasteiger partial charge in [0.15, 0.2) is 0 Å². The van der Waals surface area contributed by atoms with Gasteiger partial charge >= 0.3 is 0 Å². The molecule has 1 spiro atoms. The SMILES string of the molecule is C#CCOC1CN(C(=O)CC2CN(CCOc3ccccn3)C3(CCC3)CO2)C1. The van der Waals surface area contributed by atoms with Crippen molar-refractivity contribution < 1.29 is 19.0 Å². The smallest absolute Gasteiger partial charge is 0.225 e. The van der Waals surface area contributed by atoms with Crippen LogP contribution in [0, 0.1) is 12.3 Å². The fourth-order valence-corrected chi connectivity index (χ4v) is 4.28. The highest BCUT2D eigenvalue weighted by Crippen LogP contribution is 2.41. The summed E-state index contributed by atoms with van der Waals surface area (Å²) in [6.07, 6.45) is 10.9. The predicted molar refractivity (Wildman–Crippen MR) is 107 cm³/mol. The molecule has 7 heteroatoms. The van der Waals surface area contributed by atoms with Gasteiger partial charge in [-0.3, -0.25) is 9.69 Å². The van der Waals surface area contributed by atoms with Crippen molar-refractivity contribution in [2.75, 3.05) is 46.0 Å². The van der Waals surface area contributed by atoms with Crippen molar-refractivity contribution in [3.8, 4) is 18.2 Å². The van der Waals surface area contributed by atoms with Gasteiger partial charge < -0.3 is 19.1 Å². The number of rotatable bonds is 8. The van der Waals surface area contributed by atoms with E-state index in [0.717, 1.165) is 25.9 Å². The van der Waals surface area contributed by atoms with Crippen LogP contribution >= 0.6 is 0 Å². The Morgan fingerprint density at radius 1 is 1.34 bits per heavy atom. The number of morpholine rings is 1. The second-order valence-corrected chi connectivity index (χ2v) is 8.11. The summed E-state index contributed by atoms with van der Waals surface area (Å²) in [5.74, 6) is 3.24. The number of hydrogen-bond donors (Lipinski definition) is 0. The Kier molecular flexibility index (Phi) is 6.34. The number of ether oxygens (including phenoxy) is 3. The Labute approximate surface area is 172 Å². The molecule has 0 N–H and O–H groups in total. The van der Waals surface area contributed by atoms with Gasteiger partial charge in [-0.2, -0.15) is 0 Å². The van der Waals surface area contributed by atoms with E-state index >= 15 is 0 Å². The summed E-state index contributed by atoms with van der Waals surface area (Å²) in [7, 11) is 0. The normalized spacial score (nSPS) is 23.8. The van der Waals surface area contributed by atoms with Crippen LogP contribution in [0.15, 0.2) is 24.4 Å². The molecule has 4 rings (SSSR count). The Hall–Kier alpha value is -2.14. The Morgan fingerprint density at radius 3 is 2.90 bits per heavy atom. The lowest BCUT2D eigenvalue weighted by atomic mass is 9.74. The van der Waals surface area contributed by atoms with E-state index in [-0.39, 0.29) is 23.7 Å². The van der Waals surface area contributed by atoms with Gasteiger partial charge in [0.25, 0.3) is 0 Å². The molecule has 0 aromatic carbocycles. The van der Waals surface area contributed by atoms with Crippen molar-refractivity contribution in [3.63, 3.8) is 0 Å². The third-order valence-corrected chi connectivity index (χ3v) is 6.22. The fraction of sp³-hybridized carbons (Fsp3) is 0.636. The minimum atomic E-state index is -0.0748. The molecule has 3 fully saturated rings. The summed E-state index contributed by atoms with van der Waals surface area (Å²) >= 11 is 0. The molecule has 7 nitrogen and oxygen atoms in total. The lowest BCUT2D eigenvalue weighted by molar-refractivity contribution is -0.163. The van der Waals surface area contributed by atoms with E-state index in [9.17, 15) is 4.79 Å². The Morgan fingerprint density at radius 2 is 2.21 bits per heavy atom. The molecule has 2 aliphatic heterocycles. The first-order valence-electron chi connectivity index (χ1n) is 10.4. The number of amides is 1. The molecular weight excluding hydrogens is 370 g/mol. The second-order valence-electron chi connectivity index (χ2n) is 8.11. The summed E-state index contributed by atoms with van der Waals surface area (Å²) in [4.78, 5) is 21.1. The highest BCUT2D eigenvalue weighted by molar-refractivity contribution is 5.77. The molecule has 156 valence electrons. The van der Waals surface area contributed by atoms with Crippen LogP contribution in [-0.2, 0) is 14.3 Å². The van der Waals surface area contributed by atoms with Crippen LogP contribution in [0.25, 0.3) is 0 Å². The van der Waals surface area contributed by atoms with Crippen LogP contribution in [0.5, 0.6) is 5.88 Å². The number of carbonyl (C=O) groups is 1. The van der Waals surface area contributed by atoms with E-state index in [1.54, 1.807) is 6.20 Å². The largest absolute Gasteiger partial charge is 0.476 e. The van der Waals surface area contributed by atoms with E-state index in [0.29, 0.717) is 45.2 Å². The number of pyridine rings is 1. The van der Waals surface area contributed by atoms with Crippen molar-refractivity contribution in [2.45, 2.75) is 43.4 Å². The maximum atomic E-state index is 12.6. The maximum Gasteiger partial charge on any atom is 0.225 e. The molecule has 1 aromatic rings. The average Bonchev–Trinajstić information content (AvgIpc) is 2.67. The van der Waals surface area contributed by atoms with Crippen molar-refractivity contribution >= 4 is 5.91 Å². The van der Waals surface area contributed by atoms with Crippen molar-refractivity contribution in [1.29, 1.82) is 0 Å². The van der Waals surface area contributed by atoms with Crippen LogP contribution in [0.3, 0.4) is 0 Å². The molecule has 1 amide bonds. The highest BCUT2D eigenvalue weighted by atomic mass is 16.5.